The third-order valence-corrected chi connectivity index (χ3v) is 4.48. The lowest BCUT2D eigenvalue weighted by atomic mass is 10.1. The Morgan fingerprint density at radius 1 is 0.864 bits per heavy atom. The van der Waals surface area contributed by atoms with Crippen LogP contribution in [0, 0.1) is 0 Å². The molecule has 0 fully saturated rings. The average molecular weight is 338 g/mol. The average Bonchev–Trinajstić information content (AvgIpc) is 2.73. The summed E-state index contributed by atoms with van der Waals surface area (Å²) in [4.78, 5) is 23.9. The van der Waals surface area contributed by atoms with Gasteiger partial charge in [-0.2, -0.15) is 8.42 Å². The van der Waals surface area contributed by atoms with Crippen molar-refractivity contribution in [1.82, 2.24) is 5.06 Å². The molecule has 112 valence electrons. The van der Waals surface area contributed by atoms with Crippen molar-refractivity contribution in [3.8, 4) is 0 Å². The fourth-order valence-corrected chi connectivity index (χ4v) is 2.99. The van der Waals surface area contributed by atoms with Crippen LogP contribution >= 0.6 is 11.6 Å². The smallest absolute Gasteiger partial charge is 0.266 e. The van der Waals surface area contributed by atoms with E-state index in [1.807, 2.05) is 0 Å². The Balaban J connectivity index is 1.93. The SMILES string of the molecule is O=C1c2ccccc2C(=O)N1OS(=O)(=O)c1ccc(Cl)cc1. The van der Waals surface area contributed by atoms with E-state index < -0.39 is 21.9 Å². The number of rotatable bonds is 3. The second kappa shape index (κ2) is 5.20. The molecule has 0 saturated heterocycles. The molecular weight excluding hydrogens is 330 g/mol. The normalized spacial score (nSPS) is 14.3. The van der Waals surface area contributed by atoms with Crippen LogP contribution < -0.4 is 0 Å². The topological polar surface area (TPSA) is 80.8 Å². The number of hydroxylamine groups is 2. The van der Waals surface area contributed by atoms with Crippen molar-refractivity contribution in [3.63, 3.8) is 0 Å². The Morgan fingerprint density at radius 2 is 1.36 bits per heavy atom. The van der Waals surface area contributed by atoms with E-state index in [0.717, 1.165) is 0 Å². The van der Waals surface area contributed by atoms with Gasteiger partial charge in [-0.1, -0.05) is 23.7 Å². The molecule has 0 saturated carbocycles. The number of hydrogen-bond acceptors (Lipinski definition) is 5. The predicted molar refractivity (Wildman–Crippen MR) is 76.7 cm³/mol. The van der Waals surface area contributed by atoms with Gasteiger partial charge in [-0.05, 0) is 36.4 Å². The molecular formula is C14H8ClNO5S. The highest BCUT2D eigenvalue weighted by molar-refractivity contribution is 7.86. The minimum absolute atomic E-state index is 0.0961. The van der Waals surface area contributed by atoms with E-state index in [4.69, 9.17) is 15.9 Å². The summed E-state index contributed by atoms with van der Waals surface area (Å²) in [5.74, 6) is -1.64. The highest BCUT2D eigenvalue weighted by Gasteiger charge is 2.39. The maximum Gasteiger partial charge on any atom is 0.318 e. The first-order chi connectivity index (χ1) is 10.4. The van der Waals surface area contributed by atoms with Gasteiger partial charge in [0, 0.05) is 5.02 Å². The summed E-state index contributed by atoms with van der Waals surface area (Å²) in [6.45, 7) is 0. The Hall–Kier alpha value is -2.22. The van der Waals surface area contributed by atoms with Crippen LogP contribution in [0.1, 0.15) is 20.7 Å². The van der Waals surface area contributed by atoms with Gasteiger partial charge in [0.2, 0.25) is 0 Å². The Labute approximate surface area is 131 Å². The van der Waals surface area contributed by atoms with Gasteiger partial charge in [-0.3, -0.25) is 9.59 Å². The minimum Gasteiger partial charge on any atom is -0.266 e. The molecule has 0 N–H and O–H groups in total. The molecule has 0 spiro atoms. The largest absolute Gasteiger partial charge is 0.318 e. The third kappa shape index (κ3) is 2.39. The molecule has 3 rings (SSSR count). The molecule has 2 aromatic carbocycles. The summed E-state index contributed by atoms with van der Waals surface area (Å²) >= 11 is 5.68. The van der Waals surface area contributed by atoms with Gasteiger partial charge in [0.25, 0.3) is 11.8 Å². The number of halogens is 1. The predicted octanol–water partition coefficient (Wildman–Crippen LogP) is 2.26. The molecule has 6 nitrogen and oxygen atoms in total. The number of hydrogen-bond donors (Lipinski definition) is 0. The van der Waals surface area contributed by atoms with Crippen LogP contribution in [0.15, 0.2) is 53.4 Å². The van der Waals surface area contributed by atoms with Gasteiger partial charge in [-0.15, -0.1) is 9.35 Å². The minimum atomic E-state index is -4.32. The van der Waals surface area contributed by atoms with Crippen LogP contribution in [-0.2, 0) is 14.4 Å². The molecule has 0 aliphatic carbocycles. The van der Waals surface area contributed by atoms with Crippen molar-refractivity contribution in [1.29, 1.82) is 0 Å². The molecule has 0 aromatic heterocycles. The Kier molecular flexibility index (Phi) is 3.48. The van der Waals surface area contributed by atoms with Gasteiger partial charge < -0.3 is 0 Å². The quantitative estimate of drug-likeness (QED) is 0.802. The Bertz CT molecular complexity index is 841. The van der Waals surface area contributed by atoms with Crippen molar-refractivity contribution in [2.45, 2.75) is 4.90 Å². The lowest BCUT2D eigenvalue weighted by Crippen LogP contribution is -2.32. The zero-order valence-electron chi connectivity index (χ0n) is 10.9. The molecule has 22 heavy (non-hydrogen) atoms. The molecule has 1 heterocycles. The van der Waals surface area contributed by atoms with Gasteiger partial charge in [0.05, 0.1) is 16.0 Å². The molecule has 2 amide bonds. The van der Waals surface area contributed by atoms with E-state index in [-0.39, 0.29) is 21.1 Å². The number of fused-ring (bicyclic) bond motifs is 1. The highest BCUT2D eigenvalue weighted by atomic mass is 35.5. The van der Waals surface area contributed by atoms with Gasteiger partial charge >= 0.3 is 10.1 Å². The fourth-order valence-electron chi connectivity index (χ4n) is 1.98. The Morgan fingerprint density at radius 3 is 1.86 bits per heavy atom. The van der Waals surface area contributed by atoms with E-state index in [2.05, 4.69) is 0 Å². The van der Waals surface area contributed by atoms with E-state index in [1.54, 1.807) is 12.1 Å². The molecule has 8 heteroatoms. The van der Waals surface area contributed by atoms with E-state index in [1.165, 1.54) is 36.4 Å². The van der Waals surface area contributed by atoms with E-state index >= 15 is 0 Å². The van der Waals surface area contributed by atoms with Crippen LogP contribution in [0.25, 0.3) is 0 Å². The van der Waals surface area contributed by atoms with Crippen molar-refractivity contribution in [2.75, 3.05) is 0 Å². The van der Waals surface area contributed by atoms with E-state index in [0.29, 0.717) is 5.02 Å². The van der Waals surface area contributed by atoms with Crippen molar-refractivity contribution in [3.05, 3.63) is 64.7 Å². The maximum atomic E-state index is 12.1. The highest BCUT2D eigenvalue weighted by Crippen LogP contribution is 2.25. The van der Waals surface area contributed by atoms with Crippen LogP contribution in [0.5, 0.6) is 0 Å². The van der Waals surface area contributed by atoms with Gasteiger partial charge in [0.1, 0.15) is 0 Å². The van der Waals surface area contributed by atoms with Gasteiger partial charge in [-0.25, -0.2) is 0 Å². The van der Waals surface area contributed by atoms with Crippen LogP contribution in [-0.4, -0.2) is 25.3 Å². The molecule has 0 bridgehead atoms. The summed E-state index contributed by atoms with van der Waals surface area (Å²) in [5.41, 5.74) is 0.192. The molecule has 1 aliphatic heterocycles. The first kappa shape index (κ1) is 14.7. The van der Waals surface area contributed by atoms with Crippen LogP contribution in [0.2, 0.25) is 5.02 Å². The first-order valence-corrected chi connectivity index (χ1v) is 7.87. The number of imide groups is 1. The molecule has 0 atom stereocenters. The molecule has 1 aliphatic rings. The molecule has 0 radical (unpaired) electrons. The number of carbonyl (C=O) groups is 2. The summed E-state index contributed by atoms with van der Waals surface area (Å²) in [6, 6.07) is 11.1. The first-order valence-electron chi connectivity index (χ1n) is 6.08. The van der Waals surface area contributed by atoms with Crippen LogP contribution in [0.3, 0.4) is 0 Å². The number of benzene rings is 2. The number of carbonyl (C=O) groups excluding carboxylic acids is 2. The standard InChI is InChI=1S/C14H8ClNO5S/c15-9-5-7-10(8-6-9)22(19,20)21-16-13(17)11-3-1-2-4-12(11)14(16)18/h1-8H. The maximum absolute atomic E-state index is 12.1. The summed E-state index contributed by atoms with van der Waals surface area (Å²) in [6.07, 6.45) is 0. The summed E-state index contributed by atoms with van der Waals surface area (Å²) in [7, 11) is -4.32. The lowest BCUT2D eigenvalue weighted by Gasteiger charge is -2.12. The zero-order valence-corrected chi connectivity index (χ0v) is 12.5. The van der Waals surface area contributed by atoms with Crippen molar-refractivity contribution >= 4 is 33.5 Å². The van der Waals surface area contributed by atoms with Crippen molar-refractivity contribution in [2.24, 2.45) is 0 Å². The third-order valence-electron chi connectivity index (χ3n) is 3.03. The summed E-state index contributed by atoms with van der Waals surface area (Å²) < 4.78 is 29.0. The number of nitrogens with zero attached hydrogens (tertiary/aromatic N) is 1. The zero-order chi connectivity index (χ0) is 15.9. The van der Waals surface area contributed by atoms with Crippen molar-refractivity contribution < 1.29 is 22.3 Å². The second-order valence-electron chi connectivity index (χ2n) is 4.43. The monoisotopic (exact) mass is 337 g/mol. The second-order valence-corrected chi connectivity index (χ2v) is 6.40. The molecule has 2 aromatic rings. The molecule has 0 unspecified atom stereocenters. The van der Waals surface area contributed by atoms with Gasteiger partial charge in [0.15, 0.2) is 0 Å². The summed E-state index contributed by atoms with van der Waals surface area (Å²) in [5, 5.41) is 0.592. The van der Waals surface area contributed by atoms with E-state index in [9.17, 15) is 18.0 Å². The fraction of sp³-hybridized carbons (Fsp3) is 0. The number of amides is 2. The lowest BCUT2D eigenvalue weighted by molar-refractivity contribution is -0.0103. The van der Waals surface area contributed by atoms with Crippen LogP contribution in [0.4, 0.5) is 0 Å².